The molecule has 3 rings (SSSR count). The normalized spacial score (nSPS) is 14.5. The molecule has 3 aromatic rings. The van der Waals surface area contributed by atoms with E-state index in [2.05, 4.69) is 0 Å². The molecule has 176 valence electrons. The summed E-state index contributed by atoms with van der Waals surface area (Å²) in [6.07, 6.45) is -1.44. The smallest absolute Gasteiger partial charge is 0.148 e. The summed E-state index contributed by atoms with van der Waals surface area (Å²) in [6, 6.07) is 28.1. The van der Waals surface area contributed by atoms with Crippen LogP contribution in [0, 0.1) is 0 Å². The fourth-order valence-corrected chi connectivity index (χ4v) is 7.49. The van der Waals surface area contributed by atoms with E-state index in [9.17, 15) is 14.8 Å². The Bertz CT molecular complexity index is 938. The lowest BCUT2D eigenvalue weighted by Crippen LogP contribution is -2.42. The highest BCUT2D eigenvalue weighted by Crippen LogP contribution is 2.52. The number of hydrogen-bond donors (Lipinski definition) is 3. The van der Waals surface area contributed by atoms with Crippen LogP contribution in [-0.2, 0) is 15.9 Å². The molecule has 6 heteroatoms. The highest BCUT2D eigenvalue weighted by atomic mass is 31.2. The molecular formula is C27H33O5P. The first-order valence-corrected chi connectivity index (χ1v) is 13.1. The van der Waals surface area contributed by atoms with E-state index < -0.39 is 25.0 Å². The Labute approximate surface area is 196 Å². The maximum atomic E-state index is 14.8. The van der Waals surface area contributed by atoms with Crippen LogP contribution < -0.4 is 10.6 Å². The molecule has 0 fully saturated rings. The number of hydrogen-bond acceptors (Lipinski definition) is 5. The minimum Gasteiger partial charge on any atom is -0.396 e. The summed E-state index contributed by atoms with van der Waals surface area (Å²) >= 11 is 0. The van der Waals surface area contributed by atoms with Crippen molar-refractivity contribution in [1.29, 1.82) is 0 Å². The zero-order valence-corrected chi connectivity index (χ0v) is 19.6. The van der Waals surface area contributed by atoms with Crippen molar-refractivity contribution in [2.75, 3.05) is 13.2 Å². The highest BCUT2D eigenvalue weighted by Gasteiger charge is 2.42. The lowest BCUT2D eigenvalue weighted by atomic mass is 10.0. The fourth-order valence-electron chi connectivity index (χ4n) is 4.09. The summed E-state index contributed by atoms with van der Waals surface area (Å²) in [7, 11) is -3.34. The maximum Gasteiger partial charge on any atom is 0.148 e. The molecule has 0 aromatic heterocycles. The molecule has 0 amide bonds. The Morgan fingerprint density at radius 3 is 1.79 bits per heavy atom. The largest absolute Gasteiger partial charge is 0.396 e. The van der Waals surface area contributed by atoms with Gasteiger partial charge in [-0.1, -0.05) is 91.0 Å². The summed E-state index contributed by atoms with van der Waals surface area (Å²) in [4.78, 5) is 0. The second-order valence-electron chi connectivity index (χ2n) is 8.15. The Morgan fingerprint density at radius 2 is 1.27 bits per heavy atom. The van der Waals surface area contributed by atoms with Crippen LogP contribution in [0.1, 0.15) is 24.8 Å². The van der Waals surface area contributed by atoms with Crippen LogP contribution in [0.15, 0.2) is 91.0 Å². The van der Waals surface area contributed by atoms with Crippen molar-refractivity contribution in [2.45, 2.75) is 43.7 Å². The molecule has 0 spiro atoms. The van der Waals surface area contributed by atoms with Crippen LogP contribution in [-0.4, -0.2) is 46.4 Å². The fraction of sp³-hybridized carbons (Fsp3) is 0.333. The topological polar surface area (TPSA) is 87.0 Å². The number of benzene rings is 3. The maximum absolute atomic E-state index is 14.8. The third-order valence-corrected chi connectivity index (χ3v) is 9.49. The van der Waals surface area contributed by atoms with Crippen LogP contribution in [0.25, 0.3) is 0 Å². The zero-order chi connectivity index (χ0) is 23.5. The lowest BCUT2D eigenvalue weighted by molar-refractivity contribution is 0.00230. The predicted octanol–water partition coefficient (Wildman–Crippen LogP) is 3.47. The average Bonchev–Trinajstić information content (AvgIpc) is 2.88. The lowest BCUT2D eigenvalue weighted by Gasteiger charge is -2.34. The van der Waals surface area contributed by atoms with Crippen molar-refractivity contribution >= 4 is 17.8 Å². The van der Waals surface area contributed by atoms with Crippen LogP contribution in [0.3, 0.4) is 0 Å². The van der Waals surface area contributed by atoms with Crippen LogP contribution in [0.5, 0.6) is 0 Å². The molecule has 5 nitrogen and oxygen atoms in total. The van der Waals surface area contributed by atoms with Gasteiger partial charge in [0.1, 0.15) is 7.14 Å². The third kappa shape index (κ3) is 6.63. The minimum atomic E-state index is -3.34. The van der Waals surface area contributed by atoms with Gasteiger partial charge < -0.3 is 24.6 Å². The van der Waals surface area contributed by atoms with Gasteiger partial charge in [-0.25, -0.2) is 0 Å². The molecule has 0 saturated carbocycles. The van der Waals surface area contributed by atoms with Gasteiger partial charge in [0, 0.05) is 23.8 Å². The third-order valence-electron chi connectivity index (χ3n) is 5.86. The van der Waals surface area contributed by atoms with Crippen LogP contribution in [0.4, 0.5) is 0 Å². The van der Waals surface area contributed by atoms with Gasteiger partial charge >= 0.3 is 0 Å². The molecule has 0 unspecified atom stereocenters. The van der Waals surface area contributed by atoms with Gasteiger partial charge in [0.25, 0.3) is 0 Å². The molecule has 3 atom stereocenters. The van der Waals surface area contributed by atoms with Gasteiger partial charge in [-0.15, -0.1) is 0 Å². The molecule has 0 radical (unpaired) electrons. The van der Waals surface area contributed by atoms with E-state index in [1.807, 2.05) is 91.0 Å². The van der Waals surface area contributed by atoms with E-state index >= 15 is 0 Å². The van der Waals surface area contributed by atoms with E-state index in [0.717, 1.165) is 5.56 Å². The molecule has 0 aliphatic rings. The molecule has 3 N–H and O–H groups in total. The van der Waals surface area contributed by atoms with E-state index in [0.29, 0.717) is 30.1 Å². The summed E-state index contributed by atoms with van der Waals surface area (Å²) in [6.45, 7) is 0.619. The summed E-state index contributed by atoms with van der Waals surface area (Å²) < 4.78 is 20.7. The van der Waals surface area contributed by atoms with Crippen molar-refractivity contribution in [3.05, 3.63) is 96.6 Å². The van der Waals surface area contributed by atoms with Gasteiger partial charge in [0.15, 0.2) is 0 Å². The molecule has 3 aromatic carbocycles. The highest BCUT2D eigenvalue weighted by molar-refractivity contribution is 7.79. The first kappa shape index (κ1) is 25.4. The number of ether oxygens (including phenoxy) is 1. The summed E-state index contributed by atoms with van der Waals surface area (Å²) in [5.41, 5.74) is 0.290. The van der Waals surface area contributed by atoms with Crippen LogP contribution >= 0.6 is 7.14 Å². The molecule has 0 aliphatic carbocycles. The van der Waals surface area contributed by atoms with Crippen molar-refractivity contribution < 1.29 is 24.6 Å². The van der Waals surface area contributed by atoms with E-state index in [1.165, 1.54) is 0 Å². The molecule has 0 heterocycles. The van der Waals surface area contributed by atoms with Crippen LogP contribution in [0.2, 0.25) is 0 Å². The molecule has 33 heavy (non-hydrogen) atoms. The Hall–Kier alpha value is -2.27. The van der Waals surface area contributed by atoms with Gasteiger partial charge in [-0.05, 0) is 24.8 Å². The Morgan fingerprint density at radius 1 is 0.758 bits per heavy atom. The van der Waals surface area contributed by atoms with Gasteiger partial charge in [0.2, 0.25) is 0 Å². The first-order chi connectivity index (χ1) is 16.1. The molecule has 0 bridgehead atoms. The van der Waals surface area contributed by atoms with Gasteiger partial charge in [0.05, 0.1) is 24.5 Å². The number of rotatable bonds is 13. The minimum absolute atomic E-state index is 0.0797. The van der Waals surface area contributed by atoms with Crippen molar-refractivity contribution in [3.63, 3.8) is 0 Å². The van der Waals surface area contributed by atoms with E-state index in [4.69, 9.17) is 9.84 Å². The van der Waals surface area contributed by atoms with Crippen molar-refractivity contribution in [3.8, 4) is 0 Å². The standard InChI is InChI=1S/C27H33O5P/c28-19-10-17-25(29)27(30)26(18-20-32-21-22-11-4-1-5-12-22)33(31,23-13-6-2-7-14-23)24-15-8-3-9-16-24/h1-9,11-16,25-30H,10,17-21H2/t25-,26-,27-/m1/s1. The SMILES string of the molecule is O=P(c1ccccc1)(c1ccccc1)[C@H](CCOCc1ccccc1)[C@H](O)[C@H](O)CCCO. The Kier molecular flexibility index (Phi) is 9.86. The second kappa shape index (κ2) is 12.8. The van der Waals surface area contributed by atoms with Crippen molar-refractivity contribution in [2.24, 2.45) is 0 Å². The van der Waals surface area contributed by atoms with Crippen molar-refractivity contribution in [1.82, 2.24) is 0 Å². The molecular weight excluding hydrogens is 435 g/mol. The number of aliphatic hydroxyl groups is 3. The monoisotopic (exact) mass is 468 g/mol. The molecule has 0 aliphatic heterocycles. The summed E-state index contributed by atoms with van der Waals surface area (Å²) in [5.74, 6) is 0. The predicted molar refractivity (Wildman–Crippen MR) is 133 cm³/mol. The first-order valence-electron chi connectivity index (χ1n) is 11.4. The quantitative estimate of drug-likeness (QED) is 0.264. The number of aliphatic hydroxyl groups excluding tert-OH is 3. The second-order valence-corrected chi connectivity index (χ2v) is 11.2. The molecule has 0 saturated heterocycles. The van der Waals surface area contributed by atoms with E-state index in [1.54, 1.807) is 0 Å². The van der Waals surface area contributed by atoms with E-state index in [-0.39, 0.29) is 19.6 Å². The van der Waals surface area contributed by atoms with Gasteiger partial charge in [-0.3, -0.25) is 0 Å². The average molecular weight is 469 g/mol. The Balaban J connectivity index is 1.91. The summed E-state index contributed by atoms with van der Waals surface area (Å²) in [5, 5.41) is 32.3. The zero-order valence-electron chi connectivity index (χ0n) is 18.7. The van der Waals surface area contributed by atoms with Gasteiger partial charge in [-0.2, -0.15) is 0 Å².